The van der Waals surface area contributed by atoms with Gasteiger partial charge in [0.15, 0.2) is 0 Å². The van der Waals surface area contributed by atoms with Crippen LogP contribution in [0.5, 0.6) is 5.75 Å². The molecule has 1 fully saturated rings. The molecule has 2 N–H and O–H groups in total. The predicted octanol–water partition coefficient (Wildman–Crippen LogP) is 2.34. The van der Waals surface area contributed by atoms with Gasteiger partial charge < -0.3 is 19.7 Å². The number of nitrogens with zero attached hydrogens (tertiary/aromatic N) is 1. The van der Waals surface area contributed by atoms with Gasteiger partial charge >= 0.3 is 0 Å². The van der Waals surface area contributed by atoms with Crippen molar-refractivity contribution in [3.8, 4) is 5.75 Å². The minimum atomic E-state index is 0.101. The number of ether oxygens (including phenoxy) is 1. The zero-order valence-corrected chi connectivity index (χ0v) is 13.7. The van der Waals surface area contributed by atoms with E-state index >= 15 is 0 Å². The van der Waals surface area contributed by atoms with Crippen molar-refractivity contribution in [3.05, 3.63) is 30.0 Å². The summed E-state index contributed by atoms with van der Waals surface area (Å²) in [6, 6.07) is 5.98. The van der Waals surface area contributed by atoms with Crippen LogP contribution in [0.15, 0.2) is 24.4 Å². The molecule has 23 heavy (non-hydrogen) atoms. The molecule has 1 amide bonds. The van der Waals surface area contributed by atoms with Gasteiger partial charge in [0.05, 0.1) is 13.0 Å². The highest BCUT2D eigenvalue weighted by Crippen LogP contribution is 2.30. The number of nitrogens with one attached hydrogen (secondary N) is 1. The van der Waals surface area contributed by atoms with Crippen molar-refractivity contribution in [3.63, 3.8) is 0 Å². The normalized spacial score (nSPS) is 21.1. The Bertz CT molecular complexity index is 695. The number of rotatable bonds is 5. The molecule has 124 valence electrons. The summed E-state index contributed by atoms with van der Waals surface area (Å²) in [5.41, 5.74) is 1.95. The number of benzene rings is 1. The number of hydrogen-bond donors (Lipinski definition) is 2. The average molecular weight is 316 g/mol. The molecule has 1 aliphatic heterocycles. The maximum absolute atomic E-state index is 12.7. The van der Waals surface area contributed by atoms with Crippen LogP contribution < -0.4 is 4.74 Å². The van der Waals surface area contributed by atoms with Gasteiger partial charge in [0.25, 0.3) is 0 Å². The van der Waals surface area contributed by atoms with Crippen molar-refractivity contribution in [1.82, 2.24) is 9.88 Å². The van der Waals surface area contributed by atoms with Gasteiger partial charge in [0.2, 0.25) is 5.91 Å². The van der Waals surface area contributed by atoms with Crippen molar-refractivity contribution in [2.75, 3.05) is 19.8 Å². The first-order valence-corrected chi connectivity index (χ1v) is 8.27. The second kappa shape index (κ2) is 6.62. The number of hydrogen-bond acceptors (Lipinski definition) is 3. The summed E-state index contributed by atoms with van der Waals surface area (Å²) in [6.07, 6.45) is 3.13. The van der Waals surface area contributed by atoms with Crippen molar-refractivity contribution in [1.29, 1.82) is 0 Å². The Hall–Kier alpha value is -2.01. The topological polar surface area (TPSA) is 65.6 Å². The molecular weight excluding hydrogens is 292 g/mol. The summed E-state index contributed by atoms with van der Waals surface area (Å²) in [5.74, 6) is 1.12. The predicted molar refractivity (Wildman–Crippen MR) is 89.5 cm³/mol. The van der Waals surface area contributed by atoms with Crippen LogP contribution >= 0.6 is 0 Å². The van der Waals surface area contributed by atoms with Crippen LogP contribution in [0.1, 0.15) is 25.8 Å². The number of H-pyrrole nitrogens is 1. The maximum atomic E-state index is 12.7. The van der Waals surface area contributed by atoms with Crippen LogP contribution in [-0.4, -0.2) is 46.7 Å². The summed E-state index contributed by atoms with van der Waals surface area (Å²) >= 11 is 0. The largest absolute Gasteiger partial charge is 0.493 e. The Morgan fingerprint density at radius 2 is 2.30 bits per heavy atom. The lowest BCUT2D eigenvalue weighted by atomic mass is 10.0. The number of likely N-dealkylation sites (tertiary alicyclic amines) is 1. The molecule has 5 heteroatoms. The van der Waals surface area contributed by atoms with Crippen LogP contribution in [0, 0.1) is 5.92 Å². The standard InChI is InChI=1S/C18H24N2O3/c1-3-23-16-6-4-5-15-18(16)14(10-19-15)9-17(22)20-8-7-13(11-21)12(20)2/h4-6,10,12-13,19,21H,3,7-9,11H2,1-2H3/t12-,13-/m1/s1. The molecular formula is C18H24N2O3. The SMILES string of the molecule is CCOc1cccc2[nH]cc(CC(=O)N3CC[C@H](CO)[C@H]3C)c12. The number of aromatic nitrogens is 1. The third-order valence-electron chi connectivity index (χ3n) is 4.86. The minimum Gasteiger partial charge on any atom is -0.493 e. The number of amides is 1. The Morgan fingerprint density at radius 3 is 3.00 bits per heavy atom. The summed E-state index contributed by atoms with van der Waals surface area (Å²) in [5, 5.41) is 10.4. The summed E-state index contributed by atoms with van der Waals surface area (Å²) in [6.45, 7) is 5.45. The van der Waals surface area contributed by atoms with Crippen LogP contribution in [0.3, 0.4) is 0 Å². The summed E-state index contributed by atoms with van der Waals surface area (Å²) in [4.78, 5) is 17.8. The Morgan fingerprint density at radius 1 is 1.48 bits per heavy atom. The third-order valence-corrected chi connectivity index (χ3v) is 4.86. The van der Waals surface area contributed by atoms with Crippen LogP contribution in [0.25, 0.3) is 10.9 Å². The number of aliphatic hydroxyl groups is 1. The molecule has 5 nitrogen and oxygen atoms in total. The van der Waals surface area contributed by atoms with E-state index in [1.165, 1.54) is 0 Å². The summed E-state index contributed by atoms with van der Waals surface area (Å²) < 4.78 is 5.70. The van der Waals surface area contributed by atoms with Gasteiger partial charge in [-0.3, -0.25) is 4.79 Å². The lowest BCUT2D eigenvalue weighted by Gasteiger charge is -2.24. The molecule has 2 heterocycles. The number of aliphatic hydroxyl groups excluding tert-OH is 1. The fraction of sp³-hybridized carbons (Fsp3) is 0.500. The van der Waals surface area contributed by atoms with E-state index in [2.05, 4.69) is 4.98 Å². The van der Waals surface area contributed by atoms with E-state index in [1.807, 2.05) is 43.1 Å². The smallest absolute Gasteiger partial charge is 0.227 e. The van der Waals surface area contributed by atoms with Gasteiger partial charge in [0.1, 0.15) is 5.75 Å². The molecule has 3 rings (SSSR count). The van der Waals surface area contributed by atoms with E-state index in [0.29, 0.717) is 13.0 Å². The first-order valence-electron chi connectivity index (χ1n) is 8.27. The Kier molecular flexibility index (Phi) is 4.57. The van der Waals surface area contributed by atoms with Crippen molar-refractivity contribution < 1.29 is 14.6 Å². The van der Waals surface area contributed by atoms with Crippen molar-refractivity contribution >= 4 is 16.8 Å². The highest BCUT2D eigenvalue weighted by Gasteiger charge is 2.33. The van der Waals surface area contributed by atoms with Gasteiger partial charge in [-0.1, -0.05) is 6.07 Å². The second-order valence-electron chi connectivity index (χ2n) is 6.16. The van der Waals surface area contributed by atoms with Gasteiger partial charge in [0, 0.05) is 42.2 Å². The van der Waals surface area contributed by atoms with Crippen LogP contribution in [0.4, 0.5) is 0 Å². The first kappa shape index (κ1) is 15.9. The van der Waals surface area contributed by atoms with E-state index in [4.69, 9.17) is 4.74 Å². The van der Waals surface area contributed by atoms with Gasteiger partial charge in [-0.05, 0) is 38.0 Å². The fourth-order valence-electron chi connectivity index (χ4n) is 3.50. The highest BCUT2D eigenvalue weighted by molar-refractivity contribution is 5.93. The molecule has 0 aliphatic carbocycles. The molecule has 0 saturated carbocycles. The molecule has 2 aromatic rings. The minimum absolute atomic E-state index is 0.101. The first-order chi connectivity index (χ1) is 11.2. The van der Waals surface area contributed by atoms with Gasteiger partial charge in [-0.2, -0.15) is 0 Å². The monoisotopic (exact) mass is 316 g/mol. The third kappa shape index (κ3) is 2.93. The molecule has 0 unspecified atom stereocenters. The number of fused-ring (bicyclic) bond motifs is 1. The van der Waals surface area contributed by atoms with Gasteiger partial charge in [-0.25, -0.2) is 0 Å². The van der Waals surface area contributed by atoms with Crippen LogP contribution in [0.2, 0.25) is 0 Å². The van der Waals surface area contributed by atoms with Crippen molar-refractivity contribution in [2.45, 2.75) is 32.7 Å². The number of carbonyl (C=O) groups is 1. The lowest BCUT2D eigenvalue weighted by molar-refractivity contribution is -0.131. The quantitative estimate of drug-likeness (QED) is 0.890. The van der Waals surface area contributed by atoms with E-state index in [-0.39, 0.29) is 24.5 Å². The maximum Gasteiger partial charge on any atom is 0.227 e. The van der Waals surface area contributed by atoms with Crippen LogP contribution in [-0.2, 0) is 11.2 Å². The van der Waals surface area contributed by atoms with E-state index < -0.39 is 0 Å². The molecule has 2 atom stereocenters. The highest BCUT2D eigenvalue weighted by atomic mass is 16.5. The molecule has 1 aromatic heterocycles. The number of aromatic amines is 1. The summed E-state index contributed by atoms with van der Waals surface area (Å²) in [7, 11) is 0. The molecule has 0 radical (unpaired) electrons. The second-order valence-corrected chi connectivity index (χ2v) is 6.16. The molecule has 1 aromatic carbocycles. The van der Waals surface area contributed by atoms with E-state index in [1.54, 1.807) is 0 Å². The van der Waals surface area contributed by atoms with Crippen molar-refractivity contribution in [2.24, 2.45) is 5.92 Å². The molecule has 1 aliphatic rings. The Labute approximate surface area is 136 Å². The zero-order valence-electron chi connectivity index (χ0n) is 13.7. The number of carbonyl (C=O) groups excluding carboxylic acids is 1. The van der Waals surface area contributed by atoms with E-state index in [0.717, 1.165) is 35.2 Å². The average Bonchev–Trinajstić information content (AvgIpc) is 3.12. The molecule has 0 bridgehead atoms. The molecule has 1 saturated heterocycles. The fourth-order valence-corrected chi connectivity index (χ4v) is 3.50. The Balaban J connectivity index is 1.83. The van der Waals surface area contributed by atoms with E-state index in [9.17, 15) is 9.90 Å². The molecule has 0 spiro atoms. The zero-order chi connectivity index (χ0) is 16.4. The lowest BCUT2D eigenvalue weighted by Crippen LogP contribution is -2.37. The van der Waals surface area contributed by atoms with Gasteiger partial charge in [-0.15, -0.1) is 0 Å².